The summed E-state index contributed by atoms with van der Waals surface area (Å²) in [4.78, 5) is 12.2. The highest BCUT2D eigenvalue weighted by Gasteiger charge is 2.18. The van der Waals surface area contributed by atoms with Gasteiger partial charge in [-0.2, -0.15) is 0 Å². The van der Waals surface area contributed by atoms with Gasteiger partial charge in [-0.05, 0) is 24.3 Å². The van der Waals surface area contributed by atoms with Crippen molar-refractivity contribution in [3.63, 3.8) is 0 Å². The molecule has 0 atom stereocenters. The zero-order chi connectivity index (χ0) is 21.7. The van der Waals surface area contributed by atoms with Crippen molar-refractivity contribution in [1.29, 1.82) is 0 Å². The molecule has 2 aromatic carbocycles. The lowest BCUT2D eigenvalue weighted by Gasteiger charge is -2.12. The molecule has 3 aromatic rings. The second-order valence-electron chi connectivity index (χ2n) is 5.72. The molecule has 0 saturated carbocycles. The van der Waals surface area contributed by atoms with Gasteiger partial charge >= 0.3 is 0 Å². The lowest BCUT2D eigenvalue weighted by atomic mass is 10.2. The second kappa shape index (κ2) is 9.92. The lowest BCUT2D eigenvalue weighted by Crippen LogP contribution is -2.14. The van der Waals surface area contributed by atoms with E-state index in [2.05, 4.69) is 15.5 Å². The Balaban J connectivity index is 1.70. The molecule has 158 valence electrons. The number of thioether (sulfide) groups is 1. The van der Waals surface area contributed by atoms with Crippen molar-refractivity contribution in [2.75, 3.05) is 32.4 Å². The predicted octanol–water partition coefficient (Wildman–Crippen LogP) is 4.80. The van der Waals surface area contributed by atoms with Crippen molar-refractivity contribution in [3.05, 3.63) is 40.4 Å². The van der Waals surface area contributed by atoms with Crippen LogP contribution in [-0.2, 0) is 4.79 Å². The highest BCUT2D eigenvalue weighted by molar-refractivity contribution is 7.99. The number of ether oxygens (including phenoxy) is 3. The van der Waals surface area contributed by atoms with E-state index in [9.17, 15) is 4.79 Å². The number of amides is 1. The molecule has 0 aliphatic heterocycles. The summed E-state index contributed by atoms with van der Waals surface area (Å²) in [6.07, 6.45) is 0. The van der Waals surface area contributed by atoms with Crippen molar-refractivity contribution in [2.24, 2.45) is 0 Å². The van der Waals surface area contributed by atoms with E-state index in [0.717, 1.165) is 11.8 Å². The van der Waals surface area contributed by atoms with Crippen LogP contribution in [0.1, 0.15) is 0 Å². The zero-order valence-corrected chi connectivity index (χ0v) is 18.5. The van der Waals surface area contributed by atoms with Gasteiger partial charge in [-0.15, -0.1) is 10.2 Å². The third-order valence-corrected chi connectivity index (χ3v) is 5.32. The van der Waals surface area contributed by atoms with Crippen molar-refractivity contribution in [2.45, 2.75) is 5.22 Å². The minimum atomic E-state index is -0.317. The number of nitrogens with zero attached hydrogens (tertiary/aromatic N) is 2. The Morgan fingerprint density at radius 1 is 1.07 bits per heavy atom. The molecule has 1 N–H and O–H groups in total. The molecule has 1 aromatic heterocycles. The van der Waals surface area contributed by atoms with Gasteiger partial charge in [0.2, 0.25) is 17.5 Å². The Morgan fingerprint density at radius 2 is 1.70 bits per heavy atom. The van der Waals surface area contributed by atoms with Crippen LogP contribution in [0.25, 0.3) is 11.5 Å². The summed E-state index contributed by atoms with van der Waals surface area (Å²) in [5.74, 6) is 1.31. The molecule has 3 rings (SSSR count). The molecule has 1 amide bonds. The fourth-order valence-corrected chi connectivity index (χ4v) is 3.56. The van der Waals surface area contributed by atoms with Crippen molar-refractivity contribution >= 4 is 46.6 Å². The number of hydrogen-bond donors (Lipinski definition) is 1. The standard InChI is InChI=1S/C19H17Cl2N3O5S/c1-26-13-7-10(8-14(27-2)17(13)28-3)18-23-24-19(29-18)30-9-15(25)22-16-11(20)5-4-6-12(16)21/h4-8H,9H2,1-3H3,(H,22,25). The highest BCUT2D eigenvalue weighted by Crippen LogP contribution is 2.41. The molecule has 30 heavy (non-hydrogen) atoms. The van der Waals surface area contributed by atoms with Crippen molar-refractivity contribution in [1.82, 2.24) is 10.2 Å². The SMILES string of the molecule is COc1cc(-c2nnc(SCC(=O)Nc3c(Cl)cccc3Cl)o2)cc(OC)c1OC. The molecule has 0 saturated heterocycles. The summed E-state index contributed by atoms with van der Waals surface area (Å²) in [6.45, 7) is 0. The number of anilines is 1. The maximum Gasteiger partial charge on any atom is 0.277 e. The summed E-state index contributed by atoms with van der Waals surface area (Å²) in [6, 6.07) is 8.35. The van der Waals surface area contributed by atoms with Crippen LogP contribution in [0.4, 0.5) is 5.69 Å². The molecule has 8 nitrogen and oxygen atoms in total. The van der Waals surface area contributed by atoms with E-state index in [1.165, 1.54) is 21.3 Å². The smallest absolute Gasteiger partial charge is 0.277 e. The first-order valence-corrected chi connectivity index (χ1v) is 10.2. The van der Waals surface area contributed by atoms with Crippen LogP contribution in [0.3, 0.4) is 0 Å². The van der Waals surface area contributed by atoms with E-state index in [1.54, 1.807) is 30.3 Å². The van der Waals surface area contributed by atoms with Crippen LogP contribution >= 0.6 is 35.0 Å². The first-order chi connectivity index (χ1) is 14.5. The number of aromatic nitrogens is 2. The molecule has 0 aliphatic carbocycles. The molecular weight excluding hydrogens is 453 g/mol. The number of carbonyl (C=O) groups is 1. The van der Waals surface area contributed by atoms with Crippen LogP contribution in [0, 0.1) is 0 Å². The Bertz CT molecular complexity index is 1020. The molecule has 0 unspecified atom stereocenters. The van der Waals surface area contributed by atoms with Crippen molar-refractivity contribution < 1.29 is 23.4 Å². The number of nitrogens with one attached hydrogen (secondary N) is 1. The van der Waals surface area contributed by atoms with Gasteiger partial charge in [0, 0.05) is 5.56 Å². The molecule has 1 heterocycles. The number of rotatable bonds is 8. The van der Waals surface area contributed by atoms with Gasteiger partial charge in [-0.3, -0.25) is 4.79 Å². The molecule has 0 radical (unpaired) electrons. The molecule has 0 bridgehead atoms. The maximum atomic E-state index is 12.2. The summed E-state index contributed by atoms with van der Waals surface area (Å²) >= 11 is 13.2. The van der Waals surface area contributed by atoms with E-state index in [4.69, 9.17) is 41.8 Å². The maximum absolute atomic E-state index is 12.2. The normalized spacial score (nSPS) is 10.6. The number of methoxy groups -OCH3 is 3. The van der Waals surface area contributed by atoms with Crippen LogP contribution < -0.4 is 19.5 Å². The monoisotopic (exact) mass is 469 g/mol. The Morgan fingerprint density at radius 3 is 2.27 bits per heavy atom. The van der Waals surface area contributed by atoms with Crippen LogP contribution in [0.2, 0.25) is 10.0 Å². The van der Waals surface area contributed by atoms with Gasteiger partial charge in [0.05, 0.1) is 42.8 Å². The van der Waals surface area contributed by atoms with Gasteiger partial charge in [0.25, 0.3) is 5.22 Å². The summed E-state index contributed by atoms with van der Waals surface area (Å²) in [5, 5.41) is 11.6. The molecule has 0 aliphatic rings. The number of hydrogen-bond acceptors (Lipinski definition) is 8. The van der Waals surface area contributed by atoms with E-state index in [1.807, 2.05) is 0 Å². The van der Waals surface area contributed by atoms with E-state index in [0.29, 0.717) is 38.5 Å². The second-order valence-corrected chi connectivity index (χ2v) is 7.46. The summed E-state index contributed by atoms with van der Waals surface area (Å²) < 4.78 is 21.6. The molecule has 0 spiro atoms. The summed E-state index contributed by atoms with van der Waals surface area (Å²) in [5.41, 5.74) is 0.936. The first kappa shape index (κ1) is 22.1. The van der Waals surface area contributed by atoms with E-state index < -0.39 is 0 Å². The van der Waals surface area contributed by atoms with Gasteiger partial charge < -0.3 is 23.9 Å². The minimum absolute atomic E-state index is 0.0262. The van der Waals surface area contributed by atoms with Gasteiger partial charge in [0.15, 0.2) is 11.5 Å². The number of benzene rings is 2. The zero-order valence-electron chi connectivity index (χ0n) is 16.2. The third kappa shape index (κ3) is 4.92. The average Bonchev–Trinajstić information content (AvgIpc) is 3.23. The highest BCUT2D eigenvalue weighted by atomic mass is 35.5. The molecular formula is C19H17Cl2N3O5S. The van der Waals surface area contributed by atoms with Gasteiger partial charge in [-0.1, -0.05) is 41.0 Å². The number of halogens is 2. The third-order valence-electron chi connectivity index (χ3n) is 3.87. The Kier molecular flexibility index (Phi) is 7.30. The average molecular weight is 470 g/mol. The quantitative estimate of drug-likeness (QED) is 0.469. The molecule has 0 fully saturated rings. The van der Waals surface area contributed by atoms with E-state index >= 15 is 0 Å². The van der Waals surface area contributed by atoms with Crippen LogP contribution in [0.5, 0.6) is 17.2 Å². The topological polar surface area (TPSA) is 95.7 Å². The fourth-order valence-electron chi connectivity index (χ4n) is 2.51. The molecule has 11 heteroatoms. The van der Waals surface area contributed by atoms with Crippen LogP contribution in [0.15, 0.2) is 40.0 Å². The Labute approximate surface area is 186 Å². The first-order valence-electron chi connectivity index (χ1n) is 8.47. The van der Waals surface area contributed by atoms with Gasteiger partial charge in [-0.25, -0.2) is 0 Å². The van der Waals surface area contributed by atoms with Gasteiger partial charge in [0.1, 0.15) is 0 Å². The summed E-state index contributed by atoms with van der Waals surface area (Å²) in [7, 11) is 4.54. The number of carbonyl (C=O) groups excluding carboxylic acids is 1. The van der Waals surface area contributed by atoms with Crippen molar-refractivity contribution in [3.8, 4) is 28.7 Å². The lowest BCUT2D eigenvalue weighted by molar-refractivity contribution is -0.113. The largest absolute Gasteiger partial charge is 0.493 e. The number of para-hydroxylation sites is 1. The minimum Gasteiger partial charge on any atom is -0.493 e. The fraction of sp³-hybridized carbons (Fsp3) is 0.211. The van der Waals surface area contributed by atoms with Crippen LogP contribution in [-0.4, -0.2) is 43.2 Å². The predicted molar refractivity (Wildman–Crippen MR) is 115 cm³/mol. The van der Waals surface area contributed by atoms with E-state index in [-0.39, 0.29) is 22.8 Å². The Hall–Kier alpha value is -2.62.